The maximum atomic E-state index is 5.13. The summed E-state index contributed by atoms with van der Waals surface area (Å²) in [6, 6.07) is 0. The molecule has 0 aliphatic heterocycles. The number of thiocarbonyl (C=S) groups is 1. The molecule has 0 heterocycles. The zero-order valence-electron chi connectivity index (χ0n) is 9.29. The molecule has 0 aliphatic carbocycles. The normalized spacial score (nSPS) is 8.85. The van der Waals surface area contributed by atoms with Gasteiger partial charge >= 0.3 is 0 Å². The van der Waals surface area contributed by atoms with Crippen molar-refractivity contribution in [1.29, 1.82) is 0 Å². The smallest absolute Gasteiger partial charge is 0.183 e. The Balaban J connectivity index is 0. The van der Waals surface area contributed by atoms with Gasteiger partial charge < -0.3 is 15.2 Å². The lowest BCUT2D eigenvalue weighted by atomic mass is 10.5. The molecule has 0 rings (SSSR count). The standard InChI is InChI=1S/C6H16N4S.C2H6/c1-9(2)4-5-10(3)6(11)8-7;1-2/h4-5,7H2,1-3H3,(H,8,11);1-2H3. The maximum Gasteiger partial charge on any atom is 0.183 e. The van der Waals surface area contributed by atoms with Gasteiger partial charge in [0, 0.05) is 20.1 Å². The number of likely N-dealkylation sites (N-methyl/N-ethyl adjacent to an activating group) is 2. The van der Waals surface area contributed by atoms with Crippen molar-refractivity contribution < 1.29 is 0 Å². The monoisotopic (exact) mass is 206 g/mol. The number of nitrogens with one attached hydrogen (secondary N) is 1. The highest BCUT2D eigenvalue weighted by Crippen LogP contribution is 1.84. The molecule has 4 nitrogen and oxygen atoms in total. The van der Waals surface area contributed by atoms with E-state index in [1.165, 1.54) is 0 Å². The lowest BCUT2D eigenvalue weighted by molar-refractivity contribution is 0.355. The molecule has 13 heavy (non-hydrogen) atoms. The highest BCUT2D eigenvalue weighted by Gasteiger charge is 2.00. The van der Waals surface area contributed by atoms with Crippen LogP contribution >= 0.6 is 12.2 Å². The van der Waals surface area contributed by atoms with E-state index >= 15 is 0 Å². The molecule has 0 amide bonds. The minimum Gasteiger partial charge on any atom is -0.350 e. The van der Waals surface area contributed by atoms with E-state index in [1.807, 2.05) is 39.9 Å². The summed E-state index contributed by atoms with van der Waals surface area (Å²) >= 11 is 4.90. The largest absolute Gasteiger partial charge is 0.350 e. The number of nitrogens with two attached hydrogens (primary N) is 1. The van der Waals surface area contributed by atoms with Gasteiger partial charge in [0.15, 0.2) is 5.11 Å². The van der Waals surface area contributed by atoms with Crippen LogP contribution in [0.15, 0.2) is 0 Å². The summed E-state index contributed by atoms with van der Waals surface area (Å²) < 4.78 is 0. The molecule has 3 N–H and O–H groups in total. The zero-order chi connectivity index (χ0) is 10.9. The Labute approximate surface area is 87.0 Å². The van der Waals surface area contributed by atoms with E-state index in [2.05, 4.69) is 10.3 Å². The van der Waals surface area contributed by atoms with Crippen LogP contribution in [0.4, 0.5) is 0 Å². The molecule has 0 atom stereocenters. The van der Waals surface area contributed by atoms with Crippen LogP contribution in [0.3, 0.4) is 0 Å². The van der Waals surface area contributed by atoms with Crippen molar-refractivity contribution in [2.24, 2.45) is 5.84 Å². The Morgan fingerprint density at radius 1 is 1.23 bits per heavy atom. The van der Waals surface area contributed by atoms with Gasteiger partial charge in [-0.2, -0.15) is 0 Å². The van der Waals surface area contributed by atoms with Crippen molar-refractivity contribution in [2.45, 2.75) is 13.8 Å². The van der Waals surface area contributed by atoms with Gasteiger partial charge in [0.25, 0.3) is 0 Å². The van der Waals surface area contributed by atoms with Crippen LogP contribution in [0.2, 0.25) is 0 Å². The summed E-state index contributed by atoms with van der Waals surface area (Å²) in [5, 5.41) is 0.576. The van der Waals surface area contributed by atoms with E-state index in [-0.39, 0.29) is 0 Å². The van der Waals surface area contributed by atoms with Crippen molar-refractivity contribution in [3.63, 3.8) is 0 Å². The van der Waals surface area contributed by atoms with Crippen molar-refractivity contribution in [1.82, 2.24) is 15.2 Å². The molecule has 0 aromatic heterocycles. The van der Waals surface area contributed by atoms with Crippen LogP contribution < -0.4 is 11.3 Å². The molecule has 0 radical (unpaired) electrons. The predicted molar refractivity (Wildman–Crippen MR) is 62.5 cm³/mol. The fourth-order valence-electron chi connectivity index (χ4n) is 0.562. The van der Waals surface area contributed by atoms with Gasteiger partial charge in [-0.05, 0) is 26.3 Å². The summed E-state index contributed by atoms with van der Waals surface area (Å²) in [5.74, 6) is 5.13. The first-order valence-electron chi connectivity index (χ1n) is 4.44. The molecule has 0 saturated heterocycles. The van der Waals surface area contributed by atoms with E-state index in [9.17, 15) is 0 Å². The van der Waals surface area contributed by atoms with Crippen LogP contribution in [0.1, 0.15) is 13.8 Å². The number of hydrazine groups is 1. The second-order valence-corrected chi connectivity index (χ2v) is 3.06. The van der Waals surface area contributed by atoms with E-state index in [0.29, 0.717) is 5.11 Å². The highest BCUT2D eigenvalue weighted by molar-refractivity contribution is 7.80. The minimum atomic E-state index is 0.576. The van der Waals surface area contributed by atoms with Crippen LogP contribution in [-0.4, -0.2) is 49.1 Å². The van der Waals surface area contributed by atoms with E-state index in [1.54, 1.807) is 0 Å². The zero-order valence-corrected chi connectivity index (χ0v) is 10.1. The van der Waals surface area contributed by atoms with Gasteiger partial charge in [-0.15, -0.1) is 0 Å². The summed E-state index contributed by atoms with van der Waals surface area (Å²) in [6.07, 6.45) is 0. The van der Waals surface area contributed by atoms with Crippen molar-refractivity contribution >= 4 is 17.3 Å². The molecule has 0 unspecified atom stereocenters. The topological polar surface area (TPSA) is 44.5 Å². The van der Waals surface area contributed by atoms with Crippen LogP contribution in [0.5, 0.6) is 0 Å². The van der Waals surface area contributed by atoms with Gasteiger partial charge in [0.2, 0.25) is 0 Å². The Morgan fingerprint density at radius 3 is 2.00 bits per heavy atom. The molecule has 0 aromatic carbocycles. The van der Waals surface area contributed by atoms with Gasteiger partial charge in [-0.1, -0.05) is 13.8 Å². The fraction of sp³-hybridized carbons (Fsp3) is 0.875. The third-order valence-electron chi connectivity index (χ3n) is 1.35. The maximum absolute atomic E-state index is 5.13. The lowest BCUT2D eigenvalue weighted by Gasteiger charge is -2.20. The van der Waals surface area contributed by atoms with Gasteiger partial charge in [-0.25, -0.2) is 5.84 Å². The number of rotatable bonds is 3. The first-order chi connectivity index (χ1) is 6.07. The van der Waals surface area contributed by atoms with E-state index in [0.717, 1.165) is 13.1 Å². The predicted octanol–water partition coefficient (Wildman–Crippen LogP) is 0.254. The molecule has 0 aromatic rings. The lowest BCUT2D eigenvalue weighted by Crippen LogP contribution is -2.43. The number of hydrogen-bond acceptors (Lipinski definition) is 3. The Bertz CT molecular complexity index is 127. The summed E-state index contributed by atoms with van der Waals surface area (Å²) in [5.41, 5.74) is 2.43. The fourth-order valence-corrected chi connectivity index (χ4v) is 0.653. The number of hydrogen-bond donors (Lipinski definition) is 2. The van der Waals surface area contributed by atoms with Crippen molar-refractivity contribution in [2.75, 3.05) is 34.2 Å². The molecular formula is C8H22N4S. The average molecular weight is 206 g/mol. The van der Waals surface area contributed by atoms with Gasteiger partial charge in [-0.3, -0.25) is 0 Å². The molecule has 0 bridgehead atoms. The van der Waals surface area contributed by atoms with Crippen LogP contribution in [0.25, 0.3) is 0 Å². The SMILES string of the molecule is CC.CN(C)CCN(C)C(=S)NN. The second-order valence-electron chi connectivity index (χ2n) is 2.67. The molecule has 80 valence electrons. The molecule has 0 aliphatic rings. The summed E-state index contributed by atoms with van der Waals surface area (Å²) in [4.78, 5) is 3.99. The third-order valence-corrected chi connectivity index (χ3v) is 1.78. The summed E-state index contributed by atoms with van der Waals surface area (Å²) in [7, 11) is 5.95. The Hall–Kier alpha value is -0.390. The molecule has 0 fully saturated rings. The Kier molecular flexibility index (Phi) is 11.3. The van der Waals surface area contributed by atoms with Crippen molar-refractivity contribution in [3.05, 3.63) is 0 Å². The quantitative estimate of drug-likeness (QED) is 0.394. The van der Waals surface area contributed by atoms with Crippen LogP contribution in [-0.2, 0) is 0 Å². The van der Waals surface area contributed by atoms with E-state index in [4.69, 9.17) is 18.1 Å². The molecular weight excluding hydrogens is 184 g/mol. The van der Waals surface area contributed by atoms with Crippen molar-refractivity contribution in [3.8, 4) is 0 Å². The molecule has 0 spiro atoms. The van der Waals surface area contributed by atoms with Crippen LogP contribution in [0, 0.1) is 0 Å². The second kappa shape index (κ2) is 9.70. The first kappa shape index (κ1) is 15.1. The Morgan fingerprint density at radius 2 is 1.69 bits per heavy atom. The highest BCUT2D eigenvalue weighted by atomic mass is 32.1. The van der Waals surface area contributed by atoms with E-state index < -0.39 is 0 Å². The number of nitrogens with zero attached hydrogens (tertiary/aromatic N) is 2. The average Bonchev–Trinajstić information content (AvgIpc) is 2.16. The summed E-state index contributed by atoms with van der Waals surface area (Å²) in [6.45, 7) is 5.86. The van der Waals surface area contributed by atoms with Gasteiger partial charge in [0.1, 0.15) is 0 Å². The minimum absolute atomic E-state index is 0.576. The molecule has 0 saturated carbocycles. The molecule has 5 heteroatoms. The first-order valence-corrected chi connectivity index (χ1v) is 4.85. The third kappa shape index (κ3) is 9.52. The van der Waals surface area contributed by atoms with Gasteiger partial charge in [0.05, 0.1) is 0 Å².